The molecule has 1 N–H and O–H groups in total. The predicted octanol–water partition coefficient (Wildman–Crippen LogP) is 4.56. The molecule has 0 spiro atoms. The van der Waals surface area contributed by atoms with E-state index in [9.17, 15) is 9.46 Å². The van der Waals surface area contributed by atoms with Crippen molar-refractivity contribution in [1.29, 1.82) is 0 Å². The van der Waals surface area contributed by atoms with Crippen LogP contribution in [0.4, 0.5) is 0 Å². The van der Waals surface area contributed by atoms with Crippen molar-refractivity contribution < 1.29 is 14.0 Å². The molecule has 2 rings (SSSR count). The molecule has 1 aromatic carbocycles. The lowest BCUT2D eigenvalue weighted by atomic mass is 10.0. The van der Waals surface area contributed by atoms with Crippen LogP contribution in [0.1, 0.15) is 31.7 Å². The van der Waals surface area contributed by atoms with E-state index in [0.717, 1.165) is 34.9 Å². The van der Waals surface area contributed by atoms with Gasteiger partial charge in [0.15, 0.2) is 0 Å². The summed E-state index contributed by atoms with van der Waals surface area (Å²) in [5.41, 5.74) is 1.81. The van der Waals surface area contributed by atoms with Crippen LogP contribution < -0.4 is 4.52 Å². The van der Waals surface area contributed by atoms with Gasteiger partial charge >= 0.3 is 7.60 Å². The van der Waals surface area contributed by atoms with E-state index >= 15 is 0 Å². The summed E-state index contributed by atoms with van der Waals surface area (Å²) >= 11 is 3.40. The first-order valence-electron chi connectivity index (χ1n) is 5.55. The monoisotopic (exact) mass is 316 g/mol. The SMILES string of the molecule is CCCCC1=CP(=O)(O)Oc2ccc(Br)cc21. The second kappa shape index (κ2) is 4.97. The van der Waals surface area contributed by atoms with Crippen LogP contribution in [0.3, 0.4) is 0 Å². The Kier molecular flexibility index (Phi) is 3.76. The van der Waals surface area contributed by atoms with Gasteiger partial charge in [-0.25, -0.2) is 4.57 Å². The van der Waals surface area contributed by atoms with Gasteiger partial charge in [0, 0.05) is 15.9 Å². The Hall–Kier alpha value is -0.570. The van der Waals surface area contributed by atoms with Crippen molar-refractivity contribution in [2.75, 3.05) is 0 Å². The van der Waals surface area contributed by atoms with E-state index in [4.69, 9.17) is 4.52 Å². The summed E-state index contributed by atoms with van der Waals surface area (Å²) in [6.07, 6.45) is 2.85. The number of hydrogen-bond donors (Lipinski definition) is 1. The second-order valence-electron chi connectivity index (χ2n) is 4.05. The first kappa shape index (κ1) is 12.9. The second-order valence-corrected chi connectivity index (χ2v) is 6.54. The molecule has 0 aliphatic carbocycles. The van der Waals surface area contributed by atoms with Gasteiger partial charge in [0.2, 0.25) is 0 Å². The Bertz CT molecular complexity index is 510. The first-order valence-corrected chi connectivity index (χ1v) is 7.99. The summed E-state index contributed by atoms with van der Waals surface area (Å²) in [7, 11) is -3.61. The lowest BCUT2D eigenvalue weighted by molar-refractivity contribution is 0.389. The van der Waals surface area contributed by atoms with Crippen LogP contribution in [-0.2, 0) is 4.57 Å². The van der Waals surface area contributed by atoms with E-state index in [1.54, 1.807) is 6.07 Å². The lowest BCUT2D eigenvalue weighted by Gasteiger charge is -2.22. The minimum atomic E-state index is -3.61. The molecular weight excluding hydrogens is 303 g/mol. The summed E-state index contributed by atoms with van der Waals surface area (Å²) < 4.78 is 17.7. The van der Waals surface area contributed by atoms with Gasteiger partial charge in [-0.05, 0) is 36.6 Å². The maximum Gasteiger partial charge on any atom is 0.401 e. The van der Waals surface area contributed by atoms with Gasteiger partial charge < -0.3 is 9.42 Å². The summed E-state index contributed by atoms with van der Waals surface area (Å²) in [4.78, 5) is 9.61. The maximum absolute atomic E-state index is 11.7. The molecule has 0 fully saturated rings. The summed E-state index contributed by atoms with van der Waals surface area (Å²) in [5.74, 6) is 1.87. The average Bonchev–Trinajstić information content (AvgIpc) is 2.26. The fourth-order valence-electron chi connectivity index (χ4n) is 1.83. The molecule has 0 saturated carbocycles. The fourth-order valence-corrected chi connectivity index (χ4v) is 3.35. The summed E-state index contributed by atoms with van der Waals surface area (Å²) in [6.45, 7) is 2.10. The third-order valence-corrected chi connectivity index (χ3v) is 4.22. The van der Waals surface area contributed by atoms with Gasteiger partial charge in [-0.3, -0.25) is 0 Å². The number of fused-ring (bicyclic) bond motifs is 1. The molecule has 1 aliphatic rings. The smallest absolute Gasteiger partial charge is 0.401 e. The lowest BCUT2D eigenvalue weighted by Crippen LogP contribution is -2.01. The molecule has 1 atom stereocenters. The largest absolute Gasteiger partial charge is 0.421 e. The third kappa shape index (κ3) is 3.01. The van der Waals surface area contributed by atoms with Crippen LogP contribution >= 0.6 is 23.5 Å². The van der Waals surface area contributed by atoms with Gasteiger partial charge in [-0.15, -0.1) is 0 Å². The molecule has 5 heteroatoms. The van der Waals surface area contributed by atoms with Crippen molar-refractivity contribution in [3.05, 3.63) is 34.1 Å². The molecule has 1 aromatic rings. The highest BCUT2D eigenvalue weighted by Crippen LogP contribution is 2.53. The molecule has 1 aliphatic heterocycles. The number of rotatable bonds is 3. The minimum absolute atomic E-state index is 0.493. The molecule has 0 aromatic heterocycles. The predicted molar refractivity (Wildman–Crippen MR) is 72.1 cm³/mol. The molecule has 0 bridgehead atoms. The van der Waals surface area contributed by atoms with Crippen LogP contribution in [0.15, 0.2) is 28.5 Å². The van der Waals surface area contributed by atoms with Crippen molar-refractivity contribution in [1.82, 2.24) is 0 Å². The van der Waals surface area contributed by atoms with Gasteiger partial charge in [-0.1, -0.05) is 29.3 Å². The van der Waals surface area contributed by atoms with Crippen molar-refractivity contribution in [2.24, 2.45) is 0 Å². The van der Waals surface area contributed by atoms with Crippen LogP contribution in [0, 0.1) is 0 Å². The van der Waals surface area contributed by atoms with Gasteiger partial charge in [0.05, 0.1) is 0 Å². The Balaban J connectivity index is 2.44. The molecule has 0 amide bonds. The molecule has 17 heavy (non-hydrogen) atoms. The summed E-state index contributed by atoms with van der Waals surface area (Å²) in [5, 5.41) is 0. The Morgan fingerprint density at radius 3 is 2.94 bits per heavy atom. The highest BCUT2D eigenvalue weighted by atomic mass is 79.9. The van der Waals surface area contributed by atoms with Crippen molar-refractivity contribution in [3.8, 4) is 5.75 Å². The normalized spacial score (nSPS) is 22.6. The average molecular weight is 317 g/mol. The van der Waals surface area contributed by atoms with E-state index in [0.29, 0.717) is 5.75 Å². The molecule has 0 radical (unpaired) electrons. The zero-order valence-electron chi connectivity index (χ0n) is 9.52. The molecule has 92 valence electrons. The first-order chi connectivity index (χ1) is 8.02. The van der Waals surface area contributed by atoms with Crippen LogP contribution in [-0.4, -0.2) is 4.89 Å². The molecule has 1 heterocycles. The fraction of sp³-hybridized carbons (Fsp3) is 0.333. The quantitative estimate of drug-likeness (QED) is 0.832. The van der Waals surface area contributed by atoms with Crippen molar-refractivity contribution in [3.63, 3.8) is 0 Å². The molecule has 3 nitrogen and oxygen atoms in total. The minimum Gasteiger partial charge on any atom is -0.421 e. The number of hydrogen-bond acceptors (Lipinski definition) is 2. The highest BCUT2D eigenvalue weighted by molar-refractivity contribution is 9.10. The Labute approximate surface area is 109 Å². The maximum atomic E-state index is 11.7. The van der Waals surface area contributed by atoms with E-state index in [-0.39, 0.29) is 0 Å². The van der Waals surface area contributed by atoms with Crippen LogP contribution in [0.5, 0.6) is 5.75 Å². The van der Waals surface area contributed by atoms with E-state index in [1.165, 1.54) is 5.82 Å². The third-order valence-electron chi connectivity index (χ3n) is 2.64. The molecule has 0 saturated heterocycles. The number of allylic oxidation sites excluding steroid dienone is 1. The molecular formula is C12H14BrO3P. The van der Waals surface area contributed by atoms with Crippen LogP contribution in [0.25, 0.3) is 5.57 Å². The Morgan fingerprint density at radius 1 is 1.47 bits per heavy atom. The van der Waals surface area contributed by atoms with Gasteiger partial charge in [0.25, 0.3) is 0 Å². The zero-order valence-corrected chi connectivity index (χ0v) is 12.0. The zero-order chi connectivity index (χ0) is 12.5. The van der Waals surface area contributed by atoms with Gasteiger partial charge in [-0.2, -0.15) is 0 Å². The number of unbranched alkanes of at least 4 members (excludes halogenated alkanes) is 1. The number of halogens is 1. The van der Waals surface area contributed by atoms with Crippen molar-refractivity contribution >= 4 is 29.1 Å². The van der Waals surface area contributed by atoms with Crippen molar-refractivity contribution in [2.45, 2.75) is 26.2 Å². The van der Waals surface area contributed by atoms with E-state index < -0.39 is 7.60 Å². The van der Waals surface area contributed by atoms with Crippen LogP contribution in [0.2, 0.25) is 0 Å². The van der Waals surface area contributed by atoms with E-state index in [2.05, 4.69) is 22.9 Å². The number of benzene rings is 1. The topological polar surface area (TPSA) is 46.5 Å². The highest BCUT2D eigenvalue weighted by Gasteiger charge is 2.27. The Morgan fingerprint density at radius 2 is 2.24 bits per heavy atom. The van der Waals surface area contributed by atoms with E-state index in [1.807, 2.05) is 12.1 Å². The van der Waals surface area contributed by atoms with Gasteiger partial charge in [0.1, 0.15) is 5.75 Å². The standard InChI is InChI=1S/C12H14BrO3P/c1-2-3-4-9-8-17(14,15)16-12-6-5-10(13)7-11(9)12/h5-8H,2-4H2,1H3,(H,14,15). The molecule has 1 unspecified atom stereocenters. The summed E-state index contributed by atoms with van der Waals surface area (Å²) in [6, 6.07) is 5.46.